The van der Waals surface area contributed by atoms with Crippen LogP contribution in [0.2, 0.25) is 0 Å². The van der Waals surface area contributed by atoms with Crippen molar-refractivity contribution in [2.24, 2.45) is 0 Å². The van der Waals surface area contributed by atoms with Gasteiger partial charge in [0.05, 0.1) is 6.54 Å². The molecule has 9 heteroatoms. The summed E-state index contributed by atoms with van der Waals surface area (Å²) >= 11 is 0. The topological polar surface area (TPSA) is 29.9 Å². The lowest BCUT2D eigenvalue weighted by Gasteiger charge is -2.12. The van der Waals surface area contributed by atoms with Crippen molar-refractivity contribution in [1.29, 1.82) is 0 Å². The maximum absolute atomic E-state index is 13.0. The summed E-state index contributed by atoms with van der Waals surface area (Å²) in [6, 6.07) is 1.41. The van der Waals surface area contributed by atoms with Crippen LogP contribution in [-0.4, -0.2) is 15.7 Å². The maximum Gasteiger partial charge on any atom is 0.406 e. The molecule has 2 aromatic rings. The van der Waals surface area contributed by atoms with E-state index < -0.39 is 30.2 Å². The van der Waals surface area contributed by atoms with Gasteiger partial charge in [-0.3, -0.25) is 0 Å². The standard InChI is InChI=1S/C12H9F6N3/c13-8-3-7(4-9(14)11(8)15)20-5-10-19-1-2-21(10)6-12(16,17)18/h1-4,20H,5-6H2. The first-order chi connectivity index (χ1) is 9.76. The highest BCUT2D eigenvalue weighted by molar-refractivity contribution is 5.44. The summed E-state index contributed by atoms with van der Waals surface area (Å²) in [4.78, 5) is 3.72. The van der Waals surface area contributed by atoms with E-state index in [1.165, 1.54) is 6.20 Å². The van der Waals surface area contributed by atoms with Crippen molar-refractivity contribution in [3.8, 4) is 0 Å². The molecule has 1 aromatic heterocycles. The van der Waals surface area contributed by atoms with Gasteiger partial charge in [-0.25, -0.2) is 18.2 Å². The molecule has 0 radical (unpaired) electrons. The van der Waals surface area contributed by atoms with Crippen molar-refractivity contribution < 1.29 is 26.3 Å². The lowest BCUT2D eigenvalue weighted by atomic mass is 10.3. The largest absolute Gasteiger partial charge is 0.406 e. The third-order valence-electron chi connectivity index (χ3n) is 2.59. The highest BCUT2D eigenvalue weighted by Gasteiger charge is 2.28. The lowest BCUT2D eigenvalue weighted by molar-refractivity contribution is -0.141. The predicted molar refractivity (Wildman–Crippen MR) is 61.9 cm³/mol. The van der Waals surface area contributed by atoms with Crippen molar-refractivity contribution in [2.75, 3.05) is 5.32 Å². The summed E-state index contributed by atoms with van der Waals surface area (Å²) in [7, 11) is 0. The normalized spacial score (nSPS) is 11.7. The lowest BCUT2D eigenvalue weighted by Crippen LogP contribution is -2.20. The Morgan fingerprint density at radius 3 is 2.29 bits per heavy atom. The number of hydrogen-bond acceptors (Lipinski definition) is 2. The van der Waals surface area contributed by atoms with Gasteiger partial charge in [0.2, 0.25) is 0 Å². The molecule has 0 aliphatic heterocycles. The molecule has 0 bridgehead atoms. The van der Waals surface area contributed by atoms with E-state index in [1.807, 2.05) is 0 Å². The molecular weight excluding hydrogens is 300 g/mol. The molecule has 0 atom stereocenters. The van der Waals surface area contributed by atoms with E-state index in [0.29, 0.717) is 12.1 Å². The number of anilines is 1. The summed E-state index contributed by atoms with van der Waals surface area (Å²) in [5.74, 6) is -4.37. The Balaban J connectivity index is 2.09. The van der Waals surface area contributed by atoms with Gasteiger partial charge in [0.15, 0.2) is 17.5 Å². The molecular formula is C12H9F6N3. The van der Waals surface area contributed by atoms with E-state index >= 15 is 0 Å². The minimum Gasteiger partial charge on any atom is -0.378 e. The number of imidazole rings is 1. The third kappa shape index (κ3) is 3.89. The maximum atomic E-state index is 13.0. The minimum atomic E-state index is -4.41. The van der Waals surface area contributed by atoms with Crippen molar-refractivity contribution in [2.45, 2.75) is 19.3 Å². The van der Waals surface area contributed by atoms with E-state index in [2.05, 4.69) is 10.3 Å². The second-order valence-corrected chi connectivity index (χ2v) is 4.19. The average Bonchev–Trinajstić information content (AvgIpc) is 2.78. The molecule has 0 spiro atoms. The molecule has 114 valence electrons. The number of nitrogens with zero attached hydrogens (tertiary/aromatic N) is 2. The smallest absolute Gasteiger partial charge is 0.378 e. The first kappa shape index (κ1) is 15.2. The molecule has 0 saturated heterocycles. The summed E-state index contributed by atoms with van der Waals surface area (Å²) in [6.45, 7) is -1.43. The molecule has 0 unspecified atom stereocenters. The van der Waals surface area contributed by atoms with Gasteiger partial charge in [0, 0.05) is 30.2 Å². The zero-order chi connectivity index (χ0) is 15.6. The minimum absolute atomic E-state index is 0.0254. The number of nitrogens with one attached hydrogen (secondary N) is 1. The van der Waals surface area contributed by atoms with Gasteiger partial charge in [0.1, 0.15) is 12.4 Å². The predicted octanol–water partition coefficient (Wildman–Crippen LogP) is 3.47. The summed E-state index contributed by atoms with van der Waals surface area (Å²) in [5, 5.41) is 2.48. The van der Waals surface area contributed by atoms with Crippen molar-refractivity contribution in [3.63, 3.8) is 0 Å². The molecule has 1 heterocycles. The average molecular weight is 309 g/mol. The molecule has 1 N–H and O–H groups in total. The zero-order valence-electron chi connectivity index (χ0n) is 10.4. The first-order valence-corrected chi connectivity index (χ1v) is 5.71. The molecule has 0 amide bonds. The number of alkyl halides is 3. The molecule has 21 heavy (non-hydrogen) atoms. The van der Waals surface area contributed by atoms with Crippen LogP contribution in [0.25, 0.3) is 0 Å². The Morgan fingerprint density at radius 1 is 1.10 bits per heavy atom. The van der Waals surface area contributed by atoms with Crippen LogP contribution in [0.5, 0.6) is 0 Å². The molecule has 0 aliphatic rings. The van der Waals surface area contributed by atoms with Crippen LogP contribution in [-0.2, 0) is 13.1 Å². The van der Waals surface area contributed by atoms with Gasteiger partial charge >= 0.3 is 6.18 Å². The van der Waals surface area contributed by atoms with Gasteiger partial charge < -0.3 is 9.88 Å². The monoisotopic (exact) mass is 309 g/mol. The van der Waals surface area contributed by atoms with E-state index in [4.69, 9.17) is 0 Å². The van der Waals surface area contributed by atoms with Gasteiger partial charge in [0.25, 0.3) is 0 Å². The fraction of sp³-hybridized carbons (Fsp3) is 0.250. The Kier molecular flexibility index (Phi) is 4.10. The Hall–Kier alpha value is -2.19. The van der Waals surface area contributed by atoms with Crippen LogP contribution in [0.3, 0.4) is 0 Å². The Bertz CT molecular complexity index is 611. The van der Waals surface area contributed by atoms with E-state index in [0.717, 1.165) is 10.8 Å². The number of rotatable bonds is 4. The zero-order valence-corrected chi connectivity index (χ0v) is 10.4. The fourth-order valence-corrected chi connectivity index (χ4v) is 1.68. The molecule has 0 saturated carbocycles. The van der Waals surface area contributed by atoms with Crippen LogP contribution in [0.1, 0.15) is 5.82 Å². The van der Waals surface area contributed by atoms with Crippen LogP contribution >= 0.6 is 0 Å². The molecule has 2 rings (SSSR count). The number of benzene rings is 1. The van der Waals surface area contributed by atoms with Crippen LogP contribution < -0.4 is 5.32 Å². The van der Waals surface area contributed by atoms with Crippen LogP contribution in [0.15, 0.2) is 24.5 Å². The van der Waals surface area contributed by atoms with Crippen molar-refractivity contribution in [1.82, 2.24) is 9.55 Å². The van der Waals surface area contributed by atoms with Crippen molar-refractivity contribution in [3.05, 3.63) is 47.8 Å². The highest BCUT2D eigenvalue weighted by Crippen LogP contribution is 2.20. The Morgan fingerprint density at radius 2 is 1.71 bits per heavy atom. The second-order valence-electron chi connectivity index (χ2n) is 4.19. The number of hydrogen-bond donors (Lipinski definition) is 1. The fourth-order valence-electron chi connectivity index (χ4n) is 1.68. The molecule has 0 fully saturated rings. The summed E-state index contributed by atoms with van der Waals surface area (Å²) < 4.78 is 76.5. The van der Waals surface area contributed by atoms with E-state index in [9.17, 15) is 26.3 Å². The first-order valence-electron chi connectivity index (χ1n) is 5.71. The SMILES string of the molecule is Fc1cc(NCc2nccn2CC(F)(F)F)cc(F)c1F. The van der Waals surface area contributed by atoms with Gasteiger partial charge in [-0.15, -0.1) is 0 Å². The Labute approximate surface area is 115 Å². The summed E-state index contributed by atoms with van der Waals surface area (Å²) in [6.07, 6.45) is -2.10. The molecule has 3 nitrogen and oxygen atoms in total. The van der Waals surface area contributed by atoms with E-state index in [1.54, 1.807) is 0 Å². The summed E-state index contributed by atoms with van der Waals surface area (Å²) in [5.41, 5.74) is -0.104. The quantitative estimate of drug-likeness (QED) is 0.692. The van der Waals surface area contributed by atoms with Crippen LogP contribution in [0.4, 0.5) is 32.0 Å². The highest BCUT2D eigenvalue weighted by atomic mass is 19.4. The van der Waals surface area contributed by atoms with Crippen LogP contribution in [0, 0.1) is 17.5 Å². The number of aromatic nitrogens is 2. The third-order valence-corrected chi connectivity index (χ3v) is 2.59. The van der Waals surface area contributed by atoms with Gasteiger partial charge in [-0.05, 0) is 0 Å². The molecule has 1 aromatic carbocycles. The van der Waals surface area contributed by atoms with Gasteiger partial charge in [-0.2, -0.15) is 13.2 Å². The van der Waals surface area contributed by atoms with Gasteiger partial charge in [-0.1, -0.05) is 0 Å². The number of halogens is 6. The van der Waals surface area contributed by atoms with Crippen molar-refractivity contribution >= 4 is 5.69 Å². The molecule has 0 aliphatic carbocycles. The second kappa shape index (κ2) is 5.66. The van der Waals surface area contributed by atoms with E-state index in [-0.39, 0.29) is 18.1 Å².